The van der Waals surface area contributed by atoms with E-state index in [0.717, 1.165) is 0 Å². The van der Waals surface area contributed by atoms with E-state index in [9.17, 15) is 19.8 Å². The normalized spacial score (nSPS) is 13.3. The van der Waals surface area contributed by atoms with Crippen molar-refractivity contribution in [2.45, 2.75) is 18.9 Å². The summed E-state index contributed by atoms with van der Waals surface area (Å²) >= 11 is 0. The maximum atomic E-state index is 11.7. The third kappa shape index (κ3) is 4.89. The van der Waals surface area contributed by atoms with Crippen LogP contribution in [0.15, 0.2) is 30.3 Å². The van der Waals surface area contributed by atoms with Crippen LogP contribution in [0.5, 0.6) is 0 Å². The van der Waals surface area contributed by atoms with Crippen molar-refractivity contribution < 1.29 is 19.8 Å². The third-order valence-corrected chi connectivity index (χ3v) is 2.84. The second kappa shape index (κ2) is 7.49. The minimum absolute atomic E-state index is 0.00231. The summed E-state index contributed by atoms with van der Waals surface area (Å²) in [5.41, 5.74) is 0.637. The Labute approximate surface area is 118 Å². The number of hydrogen-bond acceptors (Lipinski definition) is 3. The van der Waals surface area contributed by atoms with Gasteiger partial charge in [0.1, 0.15) is 0 Å². The quantitative estimate of drug-likeness (QED) is 0.721. The fraction of sp³-hybridized carbons (Fsp3) is 0.429. The zero-order chi connectivity index (χ0) is 15.1. The Morgan fingerprint density at radius 3 is 2.40 bits per heavy atom. The largest absolute Gasteiger partial charge is 0.481 e. The number of benzene rings is 1. The van der Waals surface area contributed by atoms with E-state index >= 15 is 0 Å². The van der Waals surface area contributed by atoms with Crippen molar-refractivity contribution in [2.75, 3.05) is 20.1 Å². The van der Waals surface area contributed by atoms with Crippen LogP contribution in [-0.4, -0.2) is 53.4 Å². The van der Waals surface area contributed by atoms with Gasteiger partial charge in [-0.25, -0.2) is 4.79 Å². The summed E-state index contributed by atoms with van der Waals surface area (Å²) in [6, 6.07) is 8.33. The molecule has 20 heavy (non-hydrogen) atoms. The molecule has 0 aliphatic rings. The molecule has 0 spiro atoms. The molecule has 0 bridgehead atoms. The van der Waals surface area contributed by atoms with Gasteiger partial charge in [-0.1, -0.05) is 30.3 Å². The smallest absolute Gasteiger partial charge is 0.317 e. The fourth-order valence-corrected chi connectivity index (χ4v) is 1.84. The Hall–Kier alpha value is -2.08. The van der Waals surface area contributed by atoms with Crippen LogP contribution in [-0.2, 0) is 4.79 Å². The van der Waals surface area contributed by atoms with Gasteiger partial charge in [-0.15, -0.1) is 0 Å². The zero-order valence-corrected chi connectivity index (χ0v) is 11.6. The Balaban J connectivity index is 2.61. The number of amides is 2. The van der Waals surface area contributed by atoms with Crippen molar-refractivity contribution in [1.82, 2.24) is 10.2 Å². The first-order valence-corrected chi connectivity index (χ1v) is 6.36. The summed E-state index contributed by atoms with van der Waals surface area (Å²) in [6.45, 7) is 1.77. The number of rotatable bonds is 6. The number of carboxylic acid groups (broad SMARTS) is 1. The number of nitrogens with one attached hydrogen (secondary N) is 1. The molecule has 0 heterocycles. The van der Waals surface area contributed by atoms with Gasteiger partial charge in [0, 0.05) is 20.1 Å². The van der Waals surface area contributed by atoms with Crippen LogP contribution in [0.4, 0.5) is 4.79 Å². The van der Waals surface area contributed by atoms with E-state index in [4.69, 9.17) is 0 Å². The molecule has 0 fully saturated rings. The highest BCUT2D eigenvalue weighted by Gasteiger charge is 2.21. The van der Waals surface area contributed by atoms with Crippen LogP contribution in [0.2, 0.25) is 0 Å². The number of aliphatic hydroxyl groups excluding tert-OH is 1. The number of carbonyl (C=O) groups is 2. The van der Waals surface area contributed by atoms with E-state index in [1.807, 2.05) is 0 Å². The predicted molar refractivity (Wildman–Crippen MR) is 74.5 cm³/mol. The highest BCUT2D eigenvalue weighted by atomic mass is 16.4. The maximum absolute atomic E-state index is 11.7. The lowest BCUT2D eigenvalue weighted by atomic mass is 9.99. The summed E-state index contributed by atoms with van der Waals surface area (Å²) < 4.78 is 0. The molecule has 0 aliphatic heterocycles. The Bertz CT molecular complexity index is 448. The van der Waals surface area contributed by atoms with Gasteiger partial charge in [0.2, 0.25) is 0 Å². The van der Waals surface area contributed by atoms with Crippen molar-refractivity contribution in [1.29, 1.82) is 0 Å². The highest BCUT2D eigenvalue weighted by Crippen LogP contribution is 2.14. The second-order valence-electron chi connectivity index (χ2n) is 4.72. The Kier molecular flexibility index (Phi) is 5.99. The number of aliphatic hydroxyl groups is 1. The molecular weight excluding hydrogens is 260 g/mol. The molecule has 0 saturated carbocycles. The van der Waals surface area contributed by atoms with E-state index in [1.54, 1.807) is 44.3 Å². The topological polar surface area (TPSA) is 89.9 Å². The molecule has 2 amide bonds. The lowest BCUT2D eigenvalue weighted by Crippen LogP contribution is -2.42. The van der Waals surface area contributed by atoms with Gasteiger partial charge >= 0.3 is 12.0 Å². The summed E-state index contributed by atoms with van der Waals surface area (Å²) in [5.74, 6) is -1.78. The van der Waals surface area contributed by atoms with Gasteiger partial charge in [0.15, 0.2) is 0 Å². The van der Waals surface area contributed by atoms with Crippen LogP contribution >= 0.6 is 0 Å². The molecule has 6 heteroatoms. The molecule has 0 saturated heterocycles. The number of urea groups is 1. The standard InChI is InChI=1S/C14H20N2O4/c1-10(17)9-16(2)14(20)15-8-12(13(18)19)11-6-4-3-5-7-11/h3-7,10,12,17H,8-9H2,1-2H3,(H,15,20)(H,18,19). The molecule has 2 unspecified atom stereocenters. The zero-order valence-electron chi connectivity index (χ0n) is 11.6. The predicted octanol–water partition coefficient (Wildman–Crippen LogP) is 0.877. The van der Waals surface area contributed by atoms with E-state index in [-0.39, 0.29) is 13.1 Å². The van der Waals surface area contributed by atoms with Gasteiger partial charge < -0.3 is 20.4 Å². The van der Waals surface area contributed by atoms with Crippen molar-refractivity contribution in [3.63, 3.8) is 0 Å². The van der Waals surface area contributed by atoms with Gasteiger partial charge in [0.05, 0.1) is 12.0 Å². The molecule has 3 N–H and O–H groups in total. The van der Waals surface area contributed by atoms with Crippen LogP contribution in [0.25, 0.3) is 0 Å². The molecule has 6 nitrogen and oxygen atoms in total. The van der Waals surface area contributed by atoms with Crippen LogP contribution in [0.3, 0.4) is 0 Å². The second-order valence-corrected chi connectivity index (χ2v) is 4.72. The Morgan fingerprint density at radius 2 is 1.90 bits per heavy atom. The van der Waals surface area contributed by atoms with E-state index in [1.165, 1.54) is 4.90 Å². The monoisotopic (exact) mass is 280 g/mol. The number of aliphatic carboxylic acids is 1. The first kappa shape index (κ1) is 16.0. The maximum Gasteiger partial charge on any atom is 0.317 e. The molecule has 0 aromatic heterocycles. The first-order valence-electron chi connectivity index (χ1n) is 6.36. The van der Waals surface area contributed by atoms with Gasteiger partial charge in [-0.05, 0) is 12.5 Å². The van der Waals surface area contributed by atoms with Gasteiger partial charge in [-0.3, -0.25) is 4.79 Å². The minimum atomic E-state index is -0.991. The lowest BCUT2D eigenvalue weighted by Gasteiger charge is -2.21. The molecule has 0 aliphatic carbocycles. The fourth-order valence-electron chi connectivity index (χ4n) is 1.84. The van der Waals surface area contributed by atoms with Crippen LogP contribution < -0.4 is 5.32 Å². The Morgan fingerprint density at radius 1 is 1.30 bits per heavy atom. The lowest BCUT2D eigenvalue weighted by molar-refractivity contribution is -0.138. The highest BCUT2D eigenvalue weighted by molar-refractivity contribution is 5.79. The molecule has 1 rings (SSSR count). The first-order chi connectivity index (χ1) is 9.41. The van der Waals surface area contributed by atoms with Gasteiger partial charge in [-0.2, -0.15) is 0 Å². The van der Waals surface area contributed by atoms with E-state index in [2.05, 4.69) is 5.32 Å². The molecular formula is C14H20N2O4. The van der Waals surface area contributed by atoms with E-state index < -0.39 is 24.0 Å². The average Bonchev–Trinajstić information content (AvgIpc) is 2.38. The van der Waals surface area contributed by atoms with Crippen molar-refractivity contribution in [3.8, 4) is 0 Å². The van der Waals surface area contributed by atoms with Crippen LogP contribution in [0.1, 0.15) is 18.4 Å². The third-order valence-electron chi connectivity index (χ3n) is 2.84. The summed E-state index contributed by atoms with van der Waals surface area (Å²) in [7, 11) is 1.54. The summed E-state index contributed by atoms with van der Waals surface area (Å²) in [4.78, 5) is 24.3. The average molecular weight is 280 g/mol. The van der Waals surface area contributed by atoms with E-state index in [0.29, 0.717) is 5.56 Å². The number of carboxylic acids is 1. The van der Waals surface area contributed by atoms with Crippen LogP contribution in [0, 0.1) is 0 Å². The van der Waals surface area contributed by atoms with Gasteiger partial charge in [0.25, 0.3) is 0 Å². The molecule has 110 valence electrons. The molecule has 2 atom stereocenters. The number of nitrogens with zero attached hydrogens (tertiary/aromatic N) is 1. The number of likely N-dealkylation sites (N-methyl/N-ethyl adjacent to an activating group) is 1. The summed E-state index contributed by atoms with van der Waals surface area (Å²) in [5, 5.41) is 21.0. The minimum Gasteiger partial charge on any atom is -0.481 e. The number of carbonyl (C=O) groups excluding carboxylic acids is 1. The molecule has 1 aromatic carbocycles. The molecule has 0 radical (unpaired) electrons. The SMILES string of the molecule is CC(O)CN(C)C(=O)NCC(C(=O)O)c1ccccc1. The van der Waals surface area contributed by atoms with Crippen molar-refractivity contribution in [3.05, 3.63) is 35.9 Å². The van der Waals surface area contributed by atoms with Crippen molar-refractivity contribution in [2.24, 2.45) is 0 Å². The summed E-state index contributed by atoms with van der Waals surface area (Å²) in [6.07, 6.45) is -0.629. The molecule has 1 aromatic rings. The van der Waals surface area contributed by atoms with Crippen molar-refractivity contribution >= 4 is 12.0 Å². The number of hydrogen-bond donors (Lipinski definition) is 3.